The highest BCUT2D eigenvalue weighted by molar-refractivity contribution is 7.16. The van der Waals surface area contributed by atoms with E-state index >= 15 is 0 Å². The van der Waals surface area contributed by atoms with Gasteiger partial charge in [-0.25, -0.2) is 9.97 Å². The minimum atomic E-state index is -0.251. The second kappa shape index (κ2) is 6.20. The number of anilines is 1. The van der Waals surface area contributed by atoms with Gasteiger partial charge >= 0.3 is 0 Å². The number of hydrogen-bond donors (Lipinski definition) is 1. The zero-order valence-electron chi connectivity index (χ0n) is 13.4. The first kappa shape index (κ1) is 15.1. The molecule has 0 radical (unpaired) electrons. The van der Waals surface area contributed by atoms with Crippen LogP contribution in [-0.2, 0) is 11.2 Å². The van der Waals surface area contributed by atoms with Crippen molar-refractivity contribution in [1.82, 2.24) is 15.3 Å². The van der Waals surface area contributed by atoms with Crippen LogP contribution < -0.4 is 10.2 Å². The zero-order valence-corrected chi connectivity index (χ0v) is 14.2. The predicted molar refractivity (Wildman–Crippen MR) is 96.4 cm³/mol. The molecule has 1 fully saturated rings. The molecule has 0 spiro atoms. The Morgan fingerprint density at radius 1 is 1.25 bits per heavy atom. The molecule has 5 nitrogen and oxygen atoms in total. The number of carbonyl (C=O) groups excluding carboxylic acids is 1. The van der Waals surface area contributed by atoms with Gasteiger partial charge in [-0.05, 0) is 23.9 Å². The first-order valence-corrected chi connectivity index (χ1v) is 8.90. The van der Waals surface area contributed by atoms with Crippen LogP contribution >= 0.6 is 11.3 Å². The van der Waals surface area contributed by atoms with E-state index in [1.165, 1.54) is 0 Å². The van der Waals surface area contributed by atoms with Gasteiger partial charge in [-0.1, -0.05) is 30.3 Å². The number of nitrogens with one attached hydrogen (secondary N) is 1. The lowest BCUT2D eigenvalue weighted by Crippen LogP contribution is -2.56. The predicted octanol–water partition coefficient (Wildman–Crippen LogP) is 2.55. The maximum atomic E-state index is 12.5. The second-order valence-electron chi connectivity index (χ2n) is 5.92. The largest absolute Gasteiger partial charge is 0.353 e. The fourth-order valence-corrected chi connectivity index (χ4v) is 3.98. The average Bonchev–Trinajstić information content (AvgIpc) is 3.05. The van der Waals surface area contributed by atoms with Crippen molar-refractivity contribution >= 4 is 33.3 Å². The Kier molecular flexibility index (Phi) is 3.90. The van der Waals surface area contributed by atoms with Crippen molar-refractivity contribution < 1.29 is 4.79 Å². The van der Waals surface area contributed by atoms with E-state index in [1.54, 1.807) is 11.3 Å². The fraction of sp³-hybridized carbons (Fsp3) is 0.278. The molecule has 1 aliphatic rings. The molecule has 0 saturated carbocycles. The van der Waals surface area contributed by atoms with Gasteiger partial charge in [0.2, 0.25) is 5.91 Å². The molecule has 3 heterocycles. The van der Waals surface area contributed by atoms with Crippen molar-refractivity contribution in [3.63, 3.8) is 0 Å². The number of carbonyl (C=O) groups is 1. The van der Waals surface area contributed by atoms with E-state index in [2.05, 4.69) is 32.3 Å². The molecule has 4 rings (SSSR count). The van der Waals surface area contributed by atoms with Crippen molar-refractivity contribution in [3.8, 4) is 0 Å². The number of benzene rings is 1. The number of aryl methyl sites for hydroxylation is 1. The van der Waals surface area contributed by atoms with E-state index in [-0.39, 0.29) is 11.9 Å². The second-order valence-corrected chi connectivity index (χ2v) is 6.82. The Morgan fingerprint density at radius 2 is 2.08 bits per heavy atom. The van der Waals surface area contributed by atoms with E-state index < -0.39 is 0 Å². The van der Waals surface area contributed by atoms with Crippen molar-refractivity contribution in [2.45, 2.75) is 19.4 Å². The summed E-state index contributed by atoms with van der Waals surface area (Å²) in [6, 6.07) is 11.9. The van der Waals surface area contributed by atoms with Crippen LogP contribution in [0.5, 0.6) is 0 Å². The van der Waals surface area contributed by atoms with Crippen molar-refractivity contribution in [3.05, 3.63) is 53.2 Å². The Labute approximate surface area is 144 Å². The van der Waals surface area contributed by atoms with Crippen LogP contribution in [-0.4, -0.2) is 35.0 Å². The number of hydrogen-bond acceptors (Lipinski definition) is 5. The Morgan fingerprint density at radius 3 is 2.92 bits per heavy atom. The molecule has 1 saturated heterocycles. The summed E-state index contributed by atoms with van der Waals surface area (Å²) < 4.78 is 0. The van der Waals surface area contributed by atoms with E-state index in [9.17, 15) is 4.79 Å². The molecule has 3 aromatic rings. The molecule has 1 aromatic carbocycles. The maximum Gasteiger partial charge on any atom is 0.243 e. The molecular weight excluding hydrogens is 320 g/mol. The van der Waals surface area contributed by atoms with Gasteiger partial charge in [0, 0.05) is 19.5 Å². The standard InChI is InChI=1S/C18H18N4OS/c1-12-20-16(14-7-10-24-18(14)21-12)22-9-8-19-17(23)15(22)11-13-5-3-2-4-6-13/h2-7,10,15H,8-9,11H2,1H3,(H,19,23)/t15-/m1/s1. The van der Waals surface area contributed by atoms with Crippen LogP contribution in [0.25, 0.3) is 10.2 Å². The molecule has 0 aliphatic carbocycles. The lowest BCUT2D eigenvalue weighted by Gasteiger charge is -2.36. The van der Waals surface area contributed by atoms with Crippen LogP contribution in [0.3, 0.4) is 0 Å². The van der Waals surface area contributed by atoms with Gasteiger partial charge in [0.15, 0.2) is 0 Å². The van der Waals surface area contributed by atoms with Crippen LogP contribution in [0.2, 0.25) is 0 Å². The van der Waals surface area contributed by atoms with E-state index in [4.69, 9.17) is 0 Å². The number of amides is 1. The Balaban J connectivity index is 1.75. The summed E-state index contributed by atoms with van der Waals surface area (Å²) in [6.07, 6.45) is 0.668. The minimum Gasteiger partial charge on any atom is -0.353 e. The number of piperazine rings is 1. The Bertz CT molecular complexity index is 877. The maximum absolute atomic E-state index is 12.5. The average molecular weight is 338 g/mol. The van der Waals surface area contributed by atoms with E-state index in [0.717, 1.165) is 34.0 Å². The summed E-state index contributed by atoms with van der Waals surface area (Å²) in [5, 5.41) is 6.04. The summed E-state index contributed by atoms with van der Waals surface area (Å²) in [6.45, 7) is 3.29. The highest BCUT2D eigenvalue weighted by atomic mass is 32.1. The summed E-state index contributed by atoms with van der Waals surface area (Å²) in [5.41, 5.74) is 1.15. The smallest absolute Gasteiger partial charge is 0.243 e. The van der Waals surface area contributed by atoms with Crippen molar-refractivity contribution in [2.75, 3.05) is 18.0 Å². The summed E-state index contributed by atoms with van der Waals surface area (Å²) in [4.78, 5) is 24.8. The molecule has 0 bridgehead atoms. The van der Waals surface area contributed by atoms with Gasteiger partial charge in [-0.3, -0.25) is 4.79 Å². The van der Waals surface area contributed by atoms with Crippen LogP contribution in [0.4, 0.5) is 5.82 Å². The third-order valence-corrected chi connectivity index (χ3v) is 5.10. The summed E-state index contributed by atoms with van der Waals surface area (Å²) in [7, 11) is 0. The molecule has 24 heavy (non-hydrogen) atoms. The van der Waals surface area contributed by atoms with Gasteiger partial charge in [0.05, 0.1) is 5.39 Å². The lowest BCUT2D eigenvalue weighted by molar-refractivity contribution is -0.123. The van der Waals surface area contributed by atoms with E-state index in [1.807, 2.05) is 36.6 Å². The molecule has 1 amide bonds. The fourth-order valence-electron chi connectivity index (χ4n) is 3.17. The van der Waals surface area contributed by atoms with Gasteiger partial charge in [0.1, 0.15) is 22.5 Å². The van der Waals surface area contributed by atoms with Gasteiger partial charge in [0.25, 0.3) is 0 Å². The van der Waals surface area contributed by atoms with Crippen molar-refractivity contribution in [1.29, 1.82) is 0 Å². The first-order chi connectivity index (χ1) is 11.7. The first-order valence-electron chi connectivity index (χ1n) is 8.02. The third-order valence-electron chi connectivity index (χ3n) is 4.29. The molecule has 1 N–H and O–H groups in total. The highest BCUT2D eigenvalue weighted by Gasteiger charge is 2.32. The third kappa shape index (κ3) is 2.73. The zero-order chi connectivity index (χ0) is 16.5. The molecule has 2 aromatic heterocycles. The number of nitrogens with zero attached hydrogens (tertiary/aromatic N) is 3. The normalized spacial score (nSPS) is 18.0. The minimum absolute atomic E-state index is 0.0600. The molecule has 6 heteroatoms. The van der Waals surface area contributed by atoms with Crippen LogP contribution in [0.15, 0.2) is 41.8 Å². The van der Waals surface area contributed by atoms with Gasteiger partial charge in [-0.2, -0.15) is 0 Å². The topological polar surface area (TPSA) is 58.1 Å². The summed E-state index contributed by atoms with van der Waals surface area (Å²) in [5.74, 6) is 1.67. The SMILES string of the molecule is Cc1nc(N2CCNC(=O)[C@H]2Cc2ccccc2)c2ccsc2n1. The number of fused-ring (bicyclic) bond motifs is 1. The number of thiophene rings is 1. The molecular formula is C18H18N4OS. The van der Waals surface area contributed by atoms with Gasteiger partial charge in [-0.15, -0.1) is 11.3 Å². The van der Waals surface area contributed by atoms with E-state index in [0.29, 0.717) is 13.0 Å². The van der Waals surface area contributed by atoms with Crippen LogP contribution in [0, 0.1) is 6.92 Å². The lowest BCUT2D eigenvalue weighted by atomic mass is 10.0. The Hall–Kier alpha value is -2.47. The van der Waals surface area contributed by atoms with Crippen LogP contribution in [0.1, 0.15) is 11.4 Å². The molecule has 122 valence electrons. The quantitative estimate of drug-likeness (QED) is 0.797. The summed E-state index contributed by atoms with van der Waals surface area (Å²) >= 11 is 1.61. The molecule has 1 atom stereocenters. The number of rotatable bonds is 3. The highest BCUT2D eigenvalue weighted by Crippen LogP contribution is 2.30. The molecule has 1 aliphatic heterocycles. The van der Waals surface area contributed by atoms with Crippen molar-refractivity contribution in [2.24, 2.45) is 0 Å². The number of aromatic nitrogens is 2. The monoisotopic (exact) mass is 338 g/mol. The van der Waals surface area contributed by atoms with Gasteiger partial charge < -0.3 is 10.2 Å². The molecule has 0 unspecified atom stereocenters.